The second-order valence-electron chi connectivity index (χ2n) is 8.40. The van der Waals surface area contributed by atoms with Crippen molar-refractivity contribution in [2.75, 3.05) is 10.6 Å². The summed E-state index contributed by atoms with van der Waals surface area (Å²) in [6.45, 7) is 1.41. The van der Waals surface area contributed by atoms with Crippen molar-refractivity contribution in [1.82, 2.24) is 19.9 Å². The van der Waals surface area contributed by atoms with E-state index in [0.717, 1.165) is 33.4 Å². The van der Waals surface area contributed by atoms with Gasteiger partial charge in [-0.3, -0.25) is 0 Å². The quantitative estimate of drug-likeness (QED) is 0.211. The Hall–Kier alpha value is -4.26. The zero-order valence-corrected chi connectivity index (χ0v) is 21.9. The molecule has 6 rings (SSSR count). The molecular weight excluding hydrogens is 515 g/mol. The summed E-state index contributed by atoms with van der Waals surface area (Å²) in [7, 11) is 0. The first-order valence-electron chi connectivity index (χ1n) is 12.1. The summed E-state index contributed by atoms with van der Waals surface area (Å²) in [6.07, 6.45) is 0. The van der Waals surface area contributed by atoms with Crippen molar-refractivity contribution in [2.45, 2.75) is 13.1 Å². The van der Waals surface area contributed by atoms with E-state index in [1.54, 1.807) is 0 Å². The number of aromatic nitrogens is 4. The van der Waals surface area contributed by atoms with E-state index in [2.05, 4.69) is 54.8 Å². The van der Waals surface area contributed by atoms with E-state index in [-0.39, 0.29) is 10.6 Å². The van der Waals surface area contributed by atoms with E-state index in [4.69, 9.17) is 23.2 Å². The second-order valence-corrected chi connectivity index (χ2v) is 9.07. The number of hydrogen-bond acceptors (Lipinski definition) is 6. The van der Waals surface area contributed by atoms with Crippen LogP contribution in [-0.4, -0.2) is 19.9 Å². The number of fused-ring (bicyclic) bond motifs is 2. The molecule has 0 fully saturated rings. The third-order valence-corrected chi connectivity index (χ3v) is 6.10. The lowest BCUT2D eigenvalue weighted by Crippen LogP contribution is -2.03. The summed E-state index contributed by atoms with van der Waals surface area (Å²) in [5.74, 6) is 1.53. The topological polar surface area (TPSA) is 75.6 Å². The molecule has 188 valence electrons. The van der Waals surface area contributed by atoms with E-state index in [0.29, 0.717) is 13.1 Å². The molecule has 0 saturated heterocycles. The lowest BCUT2D eigenvalue weighted by Gasteiger charge is -2.09. The van der Waals surface area contributed by atoms with E-state index in [1.165, 1.54) is 11.1 Å². The third-order valence-electron chi connectivity index (χ3n) is 5.76. The predicted molar refractivity (Wildman–Crippen MR) is 157 cm³/mol. The number of nitrogens with one attached hydrogen (secondary N) is 2. The Morgan fingerprint density at radius 2 is 0.816 bits per heavy atom. The highest BCUT2D eigenvalue weighted by molar-refractivity contribution is 6.29. The van der Waals surface area contributed by atoms with Gasteiger partial charge in [0.15, 0.2) is 0 Å². The van der Waals surface area contributed by atoms with E-state index in [1.807, 2.05) is 84.9 Å². The van der Waals surface area contributed by atoms with Gasteiger partial charge in [-0.25, -0.2) is 19.9 Å². The lowest BCUT2D eigenvalue weighted by molar-refractivity contribution is 1.10. The highest BCUT2D eigenvalue weighted by Gasteiger charge is 2.06. The average molecular weight is 539 g/mol. The van der Waals surface area contributed by atoms with E-state index >= 15 is 0 Å². The third kappa shape index (κ3) is 6.54. The van der Waals surface area contributed by atoms with Crippen LogP contribution >= 0.6 is 23.2 Å². The number of para-hydroxylation sites is 2. The Kier molecular flexibility index (Phi) is 8.23. The summed E-state index contributed by atoms with van der Waals surface area (Å²) in [5, 5.41) is 9.09. The molecule has 0 bridgehead atoms. The van der Waals surface area contributed by atoms with Crippen LogP contribution in [0.5, 0.6) is 0 Å². The SMILES string of the molecule is Clc1nc(NCc2ccccc2)c2ccccc2n1.Clc1nc(NCc2ccccc2)c2ccccc2n1. The molecule has 2 N–H and O–H groups in total. The van der Waals surface area contributed by atoms with Crippen molar-refractivity contribution in [3.8, 4) is 0 Å². The molecule has 2 aromatic heterocycles. The van der Waals surface area contributed by atoms with Crippen LogP contribution in [0.2, 0.25) is 10.6 Å². The van der Waals surface area contributed by atoms with Crippen LogP contribution in [0.15, 0.2) is 109 Å². The number of halogens is 2. The predicted octanol–water partition coefficient (Wildman–Crippen LogP) is 7.79. The molecule has 0 amide bonds. The molecule has 2 heterocycles. The number of rotatable bonds is 6. The van der Waals surface area contributed by atoms with Gasteiger partial charge in [0.2, 0.25) is 10.6 Å². The van der Waals surface area contributed by atoms with Gasteiger partial charge >= 0.3 is 0 Å². The van der Waals surface area contributed by atoms with Crippen molar-refractivity contribution in [1.29, 1.82) is 0 Å². The first-order valence-corrected chi connectivity index (χ1v) is 12.8. The van der Waals surface area contributed by atoms with Crippen LogP contribution in [0, 0.1) is 0 Å². The Bertz CT molecular complexity index is 1520. The number of anilines is 2. The van der Waals surface area contributed by atoms with Crippen molar-refractivity contribution < 1.29 is 0 Å². The minimum Gasteiger partial charge on any atom is -0.365 e. The van der Waals surface area contributed by atoms with Crippen LogP contribution in [0.25, 0.3) is 21.8 Å². The number of hydrogen-bond donors (Lipinski definition) is 2. The highest BCUT2D eigenvalue weighted by Crippen LogP contribution is 2.23. The molecule has 0 radical (unpaired) electrons. The summed E-state index contributed by atoms with van der Waals surface area (Å²) >= 11 is 11.9. The van der Waals surface area contributed by atoms with Crippen molar-refractivity contribution in [3.05, 3.63) is 131 Å². The summed E-state index contributed by atoms with van der Waals surface area (Å²) in [5.41, 5.74) is 4.08. The van der Waals surface area contributed by atoms with Crippen LogP contribution in [-0.2, 0) is 13.1 Å². The largest absolute Gasteiger partial charge is 0.365 e. The van der Waals surface area contributed by atoms with Gasteiger partial charge in [-0.2, -0.15) is 0 Å². The molecule has 6 nitrogen and oxygen atoms in total. The number of benzene rings is 4. The van der Waals surface area contributed by atoms with Gasteiger partial charge in [0, 0.05) is 23.9 Å². The van der Waals surface area contributed by atoms with Crippen LogP contribution < -0.4 is 10.6 Å². The van der Waals surface area contributed by atoms with Gasteiger partial charge in [0.05, 0.1) is 11.0 Å². The average Bonchev–Trinajstić information content (AvgIpc) is 2.96. The minimum atomic E-state index is 0.259. The summed E-state index contributed by atoms with van der Waals surface area (Å²) in [4.78, 5) is 16.9. The highest BCUT2D eigenvalue weighted by atomic mass is 35.5. The molecule has 4 aromatic carbocycles. The first kappa shape index (κ1) is 25.4. The smallest absolute Gasteiger partial charge is 0.224 e. The Morgan fingerprint density at radius 3 is 1.24 bits per heavy atom. The fourth-order valence-electron chi connectivity index (χ4n) is 3.93. The maximum Gasteiger partial charge on any atom is 0.224 e. The van der Waals surface area contributed by atoms with Gasteiger partial charge in [0.1, 0.15) is 11.6 Å². The molecule has 0 aliphatic heterocycles. The fraction of sp³-hybridized carbons (Fsp3) is 0.0667. The second kappa shape index (κ2) is 12.3. The van der Waals surface area contributed by atoms with Gasteiger partial charge in [-0.1, -0.05) is 84.9 Å². The molecule has 8 heteroatoms. The molecule has 0 spiro atoms. The summed E-state index contributed by atoms with van der Waals surface area (Å²) < 4.78 is 0. The van der Waals surface area contributed by atoms with Gasteiger partial charge < -0.3 is 10.6 Å². The van der Waals surface area contributed by atoms with Crippen molar-refractivity contribution >= 4 is 56.6 Å². The maximum absolute atomic E-state index is 5.94. The van der Waals surface area contributed by atoms with Gasteiger partial charge in [-0.15, -0.1) is 0 Å². The zero-order valence-electron chi connectivity index (χ0n) is 20.4. The Labute approximate surface area is 230 Å². The molecule has 0 aliphatic rings. The standard InChI is InChI=1S/2C15H12ClN3/c2*16-15-18-13-9-5-4-8-12(13)14(19-15)17-10-11-6-2-1-3-7-11/h2*1-9H,10H2,(H,17,18,19). The molecule has 0 aliphatic carbocycles. The molecule has 0 saturated carbocycles. The van der Waals surface area contributed by atoms with E-state index < -0.39 is 0 Å². The lowest BCUT2D eigenvalue weighted by atomic mass is 10.2. The van der Waals surface area contributed by atoms with E-state index in [9.17, 15) is 0 Å². The maximum atomic E-state index is 5.94. The molecule has 6 aromatic rings. The minimum absolute atomic E-state index is 0.259. The molecule has 0 atom stereocenters. The van der Waals surface area contributed by atoms with Crippen LogP contribution in [0.4, 0.5) is 11.6 Å². The van der Waals surface area contributed by atoms with Gasteiger partial charge in [-0.05, 0) is 58.6 Å². The van der Waals surface area contributed by atoms with Gasteiger partial charge in [0.25, 0.3) is 0 Å². The molecule has 0 unspecified atom stereocenters. The molecular formula is C30H24Cl2N6. The normalized spacial score (nSPS) is 10.6. The monoisotopic (exact) mass is 538 g/mol. The Balaban J connectivity index is 0.000000155. The number of nitrogens with zero attached hydrogens (tertiary/aromatic N) is 4. The Morgan fingerprint density at radius 1 is 0.447 bits per heavy atom. The van der Waals surface area contributed by atoms with Crippen LogP contribution in [0.3, 0.4) is 0 Å². The van der Waals surface area contributed by atoms with Crippen LogP contribution in [0.1, 0.15) is 11.1 Å². The summed E-state index contributed by atoms with van der Waals surface area (Å²) in [6, 6.07) is 36.0. The van der Waals surface area contributed by atoms with Crippen molar-refractivity contribution in [3.63, 3.8) is 0 Å². The zero-order chi connectivity index (χ0) is 26.2. The first-order chi connectivity index (χ1) is 18.7. The fourth-order valence-corrected chi connectivity index (χ4v) is 4.28. The molecule has 38 heavy (non-hydrogen) atoms. The van der Waals surface area contributed by atoms with Crippen molar-refractivity contribution in [2.24, 2.45) is 0 Å².